The van der Waals surface area contributed by atoms with Gasteiger partial charge >= 0.3 is 0 Å². The van der Waals surface area contributed by atoms with E-state index in [9.17, 15) is 4.79 Å². The van der Waals surface area contributed by atoms with E-state index < -0.39 is 11.2 Å². The Balaban J connectivity index is 1.84. The second kappa shape index (κ2) is 9.67. The van der Waals surface area contributed by atoms with Crippen molar-refractivity contribution in [2.45, 2.75) is 30.9 Å². The van der Waals surface area contributed by atoms with Gasteiger partial charge in [0.15, 0.2) is 11.0 Å². The molecule has 29 heavy (non-hydrogen) atoms. The van der Waals surface area contributed by atoms with Gasteiger partial charge in [-0.05, 0) is 62.4 Å². The van der Waals surface area contributed by atoms with Gasteiger partial charge in [-0.25, -0.2) is 0 Å². The van der Waals surface area contributed by atoms with Crippen LogP contribution in [0.5, 0.6) is 11.5 Å². The third kappa shape index (κ3) is 5.42. The van der Waals surface area contributed by atoms with Gasteiger partial charge in [-0.2, -0.15) is 0 Å². The van der Waals surface area contributed by atoms with Crippen LogP contribution in [0.2, 0.25) is 5.02 Å². The molecule has 0 radical (unpaired) electrons. The van der Waals surface area contributed by atoms with E-state index in [1.807, 2.05) is 47.9 Å². The Morgan fingerprint density at radius 2 is 1.72 bits per heavy atom. The van der Waals surface area contributed by atoms with Crippen LogP contribution in [0.15, 0.2) is 53.7 Å². The number of thioether (sulfide) groups is 1. The zero-order chi connectivity index (χ0) is 20.8. The predicted molar refractivity (Wildman–Crippen MR) is 113 cm³/mol. The number of carbonyl (C=O) groups is 1. The average molecular weight is 433 g/mol. The van der Waals surface area contributed by atoms with Crippen LogP contribution in [0, 0.1) is 0 Å². The number of aromatic nitrogens is 3. The summed E-state index contributed by atoms with van der Waals surface area (Å²) in [5.74, 6) is 1.62. The lowest BCUT2D eigenvalue weighted by Gasteiger charge is -2.13. The number of primary amides is 1. The lowest BCUT2D eigenvalue weighted by molar-refractivity contribution is -0.117. The number of halogens is 1. The molecule has 1 amide bonds. The Hall–Kier alpha value is -2.71. The minimum absolute atomic E-state index is 0.190. The Labute approximate surface area is 178 Å². The summed E-state index contributed by atoms with van der Waals surface area (Å²) in [6, 6.07) is 14.6. The lowest BCUT2D eigenvalue weighted by atomic mass is 10.3. The lowest BCUT2D eigenvalue weighted by Crippen LogP contribution is -2.23. The zero-order valence-electron chi connectivity index (χ0n) is 16.0. The van der Waals surface area contributed by atoms with Crippen molar-refractivity contribution in [3.05, 3.63) is 59.4 Å². The maximum Gasteiger partial charge on any atom is 0.230 e. The molecule has 0 spiro atoms. The van der Waals surface area contributed by atoms with Gasteiger partial charge in [-0.3, -0.25) is 9.36 Å². The highest BCUT2D eigenvalue weighted by Crippen LogP contribution is 2.27. The maximum atomic E-state index is 11.5. The quantitative estimate of drug-likeness (QED) is 0.516. The molecule has 7 nitrogen and oxygen atoms in total. The molecule has 0 saturated heterocycles. The van der Waals surface area contributed by atoms with Crippen molar-refractivity contribution in [3.8, 4) is 17.2 Å². The Morgan fingerprint density at radius 1 is 1.10 bits per heavy atom. The minimum atomic E-state index is -0.454. The number of amides is 1. The normalized spacial score (nSPS) is 11.8. The number of hydrogen-bond acceptors (Lipinski definition) is 6. The van der Waals surface area contributed by atoms with E-state index in [2.05, 4.69) is 10.2 Å². The highest BCUT2D eigenvalue weighted by Gasteiger charge is 2.20. The SMILES string of the molecule is CCOc1ccc(OCc2nnc(S[C@@H](C)C(N)=O)n2-c2ccc(Cl)cc2)cc1. The molecule has 3 rings (SSSR count). The predicted octanol–water partition coefficient (Wildman–Crippen LogP) is 3.86. The van der Waals surface area contributed by atoms with Gasteiger partial charge < -0.3 is 15.2 Å². The Kier molecular flexibility index (Phi) is 7.00. The topological polar surface area (TPSA) is 92.3 Å². The van der Waals surface area contributed by atoms with Gasteiger partial charge in [0.1, 0.15) is 18.1 Å². The average Bonchev–Trinajstić information content (AvgIpc) is 3.10. The summed E-state index contributed by atoms with van der Waals surface area (Å²) in [7, 11) is 0. The monoisotopic (exact) mass is 432 g/mol. The molecule has 1 atom stereocenters. The molecule has 0 bridgehead atoms. The van der Waals surface area contributed by atoms with Crippen LogP contribution in [0.25, 0.3) is 5.69 Å². The van der Waals surface area contributed by atoms with E-state index in [0.29, 0.717) is 28.4 Å². The molecule has 0 saturated carbocycles. The fraction of sp³-hybridized carbons (Fsp3) is 0.250. The number of benzene rings is 2. The standard InChI is InChI=1S/C20H21ClN4O3S/c1-3-27-16-8-10-17(11-9-16)28-12-18-23-24-20(29-13(2)19(22)26)25(18)15-6-4-14(21)5-7-15/h4-11,13H,3,12H2,1-2H3,(H2,22,26)/t13-/m0/s1. The summed E-state index contributed by atoms with van der Waals surface area (Å²) in [5, 5.41) is 9.18. The van der Waals surface area contributed by atoms with Crippen molar-refractivity contribution in [2.24, 2.45) is 5.73 Å². The fourth-order valence-electron chi connectivity index (χ4n) is 2.48. The molecular weight excluding hydrogens is 412 g/mol. The van der Waals surface area contributed by atoms with Crippen LogP contribution in [0.4, 0.5) is 0 Å². The van der Waals surface area contributed by atoms with Crippen LogP contribution >= 0.6 is 23.4 Å². The van der Waals surface area contributed by atoms with Crippen LogP contribution in [-0.4, -0.2) is 32.5 Å². The third-order valence-corrected chi connectivity index (χ3v) is 5.28. The van der Waals surface area contributed by atoms with E-state index in [-0.39, 0.29) is 6.61 Å². The van der Waals surface area contributed by atoms with Crippen molar-refractivity contribution in [3.63, 3.8) is 0 Å². The summed E-state index contributed by atoms with van der Waals surface area (Å²) < 4.78 is 13.1. The summed E-state index contributed by atoms with van der Waals surface area (Å²) in [6.07, 6.45) is 0. The van der Waals surface area contributed by atoms with Crippen molar-refractivity contribution in [1.29, 1.82) is 0 Å². The molecule has 0 aliphatic carbocycles. The molecule has 0 unspecified atom stereocenters. The first-order valence-electron chi connectivity index (χ1n) is 8.99. The Bertz CT molecular complexity index is 961. The number of carbonyl (C=O) groups excluding carboxylic acids is 1. The number of nitrogens with zero attached hydrogens (tertiary/aromatic N) is 3. The highest BCUT2D eigenvalue weighted by atomic mass is 35.5. The van der Waals surface area contributed by atoms with Gasteiger partial charge in [0.25, 0.3) is 0 Å². The summed E-state index contributed by atoms with van der Waals surface area (Å²) in [5.41, 5.74) is 6.21. The first kappa shape index (κ1) is 21.0. The van der Waals surface area contributed by atoms with Gasteiger partial charge in [0.2, 0.25) is 5.91 Å². The summed E-state index contributed by atoms with van der Waals surface area (Å²) in [4.78, 5) is 11.5. The summed E-state index contributed by atoms with van der Waals surface area (Å²) in [6.45, 7) is 4.45. The van der Waals surface area contributed by atoms with Gasteiger partial charge in [-0.15, -0.1) is 10.2 Å². The molecule has 1 aromatic heterocycles. The van der Waals surface area contributed by atoms with Gasteiger partial charge in [-0.1, -0.05) is 23.4 Å². The maximum absolute atomic E-state index is 11.5. The minimum Gasteiger partial charge on any atom is -0.494 e. The van der Waals surface area contributed by atoms with Crippen LogP contribution in [0.1, 0.15) is 19.7 Å². The van der Waals surface area contributed by atoms with Gasteiger partial charge in [0.05, 0.1) is 11.9 Å². The second-order valence-electron chi connectivity index (χ2n) is 6.07. The van der Waals surface area contributed by atoms with E-state index in [1.165, 1.54) is 11.8 Å². The molecule has 1 heterocycles. The first-order chi connectivity index (χ1) is 14.0. The van der Waals surface area contributed by atoms with E-state index in [4.69, 9.17) is 26.8 Å². The Morgan fingerprint density at radius 3 is 2.31 bits per heavy atom. The van der Waals surface area contributed by atoms with Crippen molar-refractivity contribution in [1.82, 2.24) is 14.8 Å². The molecule has 2 aromatic carbocycles. The second-order valence-corrected chi connectivity index (χ2v) is 7.81. The highest BCUT2D eigenvalue weighted by molar-refractivity contribution is 8.00. The smallest absolute Gasteiger partial charge is 0.230 e. The third-order valence-electron chi connectivity index (χ3n) is 3.97. The first-order valence-corrected chi connectivity index (χ1v) is 10.3. The number of rotatable bonds is 9. The molecule has 2 N–H and O–H groups in total. The van der Waals surface area contributed by atoms with E-state index in [1.54, 1.807) is 19.1 Å². The van der Waals surface area contributed by atoms with E-state index in [0.717, 1.165) is 11.4 Å². The van der Waals surface area contributed by atoms with Crippen LogP contribution in [0.3, 0.4) is 0 Å². The number of hydrogen-bond donors (Lipinski definition) is 1. The van der Waals surface area contributed by atoms with E-state index >= 15 is 0 Å². The largest absolute Gasteiger partial charge is 0.494 e. The molecule has 0 aliphatic rings. The summed E-state index contributed by atoms with van der Waals surface area (Å²) >= 11 is 7.25. The molecule has 3 aromatic rings. The molecular formula is C20H21ClN4O3S. The van der Waals surface area contributed by atoms with Crippen molar-refractivity contribution in [2.75, 3.05) is 6.61 Å². The van der Waals surface area contributed by atoms with Crippen LogP contribution in [-0.2, 0) is 11.4 Å². The molecule has 9 heteroatoms. The molecule has 152 valence electrons. The van der Waals surface area contributed by atoms with Gasteiger partial charge in [0, 0.05) is 10.7 Å². The zero-order valence-corrected chi connectivity index (χ0v) is 17.6. The fourth-order valence-corrected chi connectivity index (χ4v) is 3.45. The number of ether oxygens (including phenoxy) is 2. The van der Waals surface area contributed by atoms with Crippen LogP contribution < -0.4 is 15.2 Å². The van der Waals surface area contributed by atoms with Crippen molar-refractivity contribution < 1.29 is 14.3 Å². The molecule has 0 aliphatic heterocycles. The number of nitrogens with two attached hydrogens (primary N) is 1. The molecule has 0 fully saturated rings. The van der Waals surface area contributed by atoms with Crippen molar-refractivity contribution >= 4 is 29.3 Å².